The van der Waals surface area contributed by atoms with E-state index in [1.807, 2.05) is 0 Å². The molecular formula is C14H26N2O. The van der Waals surface area contributed by atoms with Crippen molar-refractivity contribution in [3.63, 3.8) is 0 Å². The van der Waals surface area contributed by atoms with E-state index in [0.717, 1.165) is 25.8 Å². The molecule has 1 saturated heterocycles. The van der Waals surface area contributed by atoms with Gasteiger partial charge in [-0.3, -0.25) is 4.79 Å². The summed E-state index contributed by atoms with van der Waals surface area (Å²) in [5, 5.41) is 0. The highest BCUT2D eigenvalue weighted by Crippen LogP contribution is 2.33. The lowest BCUT2D eigenvalue weighted by Crippen LogP contribution is -2.52. The smallest absolute Gasteiger partial charge is 0.224 e. The molecule has 3 heteroatoms. The Morgan fingerprint density at radius 3 is 2.65 bits per heavy atom. The predicted octanol–water partition coefficient (Wildman–Crippen LogP) is 2.44. The Morgan fingerprint density at radius 1 is 1.29 bits per heavy atom. The van der Waals surface area contributed by atoms with Gasteiger partial charge in [-0.15, -0.1) is 0 Å². The van der Waals surface area contributed by atoms with Gasteiger partial charge in [0.15, 0.2) is 0 Å². The summed E-state index contributed by atoms with van der Waals surface area (Å²) in [6.07, 6.45) is 9.81. The average molecular weight is 238 g/mol. The first-order valence-electron chi connectivity index (χ1n) is 7.23. The van der Waals surface area contributed by atoms with E-state index in [9.17, 15) is 4.79 Å². The largest absolute Gasteiger partial charge is 0.340 e. The van der Waals surface area contributed by atoms with Crippen LogP contribution in [0.4, 0.5) is 0 Å². The Morgan fingerprint density at radius 2 is 2.06 bits per heavy atom. The number of hydrogen-bond acceptors (Lipinski definition) is 2. The molecule has 0 radical (unpaired) electrons. The highest BCUT2D eigenvalue weighted by atomic mass is 16.2. The molecule has 0 aromatic heterocycles. The molecule has 2 rings (SSSR count). The van der Waals surface area contributed by atoms with Crippen molar-refractivity contribution in [1.29, 1.82) is 0 Å². The van der Waals surface area contributed by atoms with Crippen LogP contribution in [0.15, 0.2) is 0 Å². The van der Waals surface area contributed by atoms with E-state index in [2.05, 4.69) is 11.8 Å². The van der Waals surface area contributed by atoms with Crippen molar-refractivity contribution in [2.24, 2.45) is 5.73 Å². The molecule has 1 amide bonds. The molecule has 0 aromatic carbocycles. The molecule has 2 fully saturated rings. The van der Waals surface area contributed by atoms with Gasteiger partial charge in [-0.25, -0.2) is 0 Å². The highest BCUT2D eigenvalue weighted by molar-refractivity contribution is 5.78. The van der Waals surface area contributed by atoms with Crippen molar-refractivity contribution in [3.05, 3.63) is 0 Å². The van der Waals surface area contributed by atoms with Crippen LogP contribution >= 0.6 is 0 Å². The van der Waals surface area contributed by atoms with Crippen LogP contribution in [0.5, 0.6) is 0 Å². The second kappa shape index (κ2) is 5.38. The number of hydrogen-bond donors (Lipinski definition) is 1. The standard InChI is InChI=1S/C14H26N2O/c1-2-12-7-4-3-5-10-16(12)13(17)11-14(15)8-6-9-14/h12H,2-11,15H2,1H3. The van der Waals surface area contributed by atoms with Crippen LogP contribution < -0.4 is 5.73 Å². The maximum absolute atomic E-state index is 12.4. The van der Waals surface area contributed by atoms with Crippen molar-refractivity contribution >= 4 is 5.91 Å². The van der Waals surface area contributed by atoms with Gasteiger partial charge in [-0.05, 0) is 38.5 Å². The van der Waals surface area contributed by atoms with E-state index in [0.29, 0.717) is 18.4 Å². The summed E-state index contributed by atoms with van der Waals surface area (Å²) >= 11 is 0. The fourth-order valence-electron chi connectivity index (χ4n) is 3.14. The van der Waals surface area contributed by atoms with Gasteiger partial charge < -0.3 is 10.6 Å². The van der Waals surface area contributed by atoms with Crippen LogP contribution in [0.2, 0.25) is 0 Å². The lowest BCUT2D eigenvalue weighted by Gasteiger charge is -2.40. The highest BCUT2D eigenvalue weighted by Gasteiger charge is 2.37. The summed E-state index contributed by atoms with van der Waals surface area (Å²) in [6.45, 7) is 3.14. The van der Waals surface area contributed by atoms with Gasteiger partial charge in [0, 0.05) is 24.5 Å². The Bertz CT molecular complexity index is 273. The molecule has 1 heterocycles. The third-order valence-electron chi connectivity index (χ3n) is 4.52. The van der Waals surface area contributed by atoms with Gasteiger partial charge in [0.05, 0.1) is 0 Å². The number of rotatable bonds is 3. The zero-order valence-corrected chi connectivity index (χ0v) is 11.1. The molecule has 1 unspecified atom stereocenters. The van der Waals surface area contributed by atoms with Crippen LogP contribution in [0.3, 0.4) is 0 Å². The Hall–Kier alpha value is -0.570. The number of carbonyl (C=O) groups is 1. The Labute approximate surface area is 105 Å². The summed E-state index contributed by atoms with van der Waals surface area (Å²) in [5.74, 6) is 0.306. The minimum Gasteiger partial charge on any atom is -0.340 e. The van der Waals surface area contributed by atoms with E-state index in [-0.39, 0.29) is 5.54 Å². The van der Waals surface area contributed by atoms with E-state index in [1.165, 1.54) is 32.1 Å². The molecular weight excluding hydrogens is 212 g/mol. The first-order chi connectivity index (χ1) is 8.14. The molecule has 98 valence electrons. The Balaban J connectivity index is 1.95. The second-order valence-electron chi connectivity index (χ2n) is 5.89. The number of amides is 1. The van der Waals surface area contributed by atoms with Gasteiger partial charge >= 0.3 is 0 Å². The van der Waals surface area contributed by atoms with Crippen LogP contribution in [0.25, 0.3) is 0 Å². The molecule has 1 aliphatic heterocycles. The van der Waals surface area contributed by atoms with Crippen LogP contribution in [0.1, 0.15) is 64.7 Å². The third-order valence-corrected chi connectivity index (χ3v) is 4.52. The number of carbonyl (C=O) groups excluding carboxylic acids is 1. The van der Waals surface area contributed by atoms with Gasteiger partial charge in [0.2, 0.25) is 5.91 Å². The lowest BCUT2D eigenvalue weighted by molar-refractivity contribution is -0.135. The molecule has 1 saturated carbocycles. The molecule has 0 aromatic rings. The van der Waals surface area contributed by atoms with Crippen LogP contribution in [0, 0.1) is 0 Å². The van der Waals surface area contributed by atoms with E-state index >= 15 is 0 Å². The van der Waals surface area contributed by atoms with Crippen molar-refractivity contribution < 1.29 is 4.79 Å². The summed E-state index contributed by atoms with van der Waals surface area (Å²) in [5.41, 5.74) is 6.02. The minimum atomic E-state index is -0.165. The normalized spacial score (nSPS) is 28.4. The molecule has 3 nitrogen and oxygen atoms in total. The maximum atomic E-state index is 12.4. The minimum absolute atomic E-state index is 0.165. The van der Waals surface area contributed by atoms with E-state index in [1.54, 1.807) is 0 Å². The third kappa shape index (κ3) is 3.01. The van der Waals surface area contributed by atoms with Gasteiger partial charge in [0.1, 0.15) is 0 Å². The molecule has 1 atom stereocenters. The summed E-state index contributed by atoms with van der Waals surface area (Å²) in [7, 11) is 0. The number of likely N-dealkylation sites (tertiary alicyclic amines) is 1. The van der Waals surface area contributed by atoms with Crippen molar-refractivity contribution in [2.45, 2.75) is 76.3 Å². The zero-order chi connectivity index (χ0) is 12.3. The maximum Gasteiger partial charge on any atom is 0.224 e. The summed E-state index contributed by atoms with van der Waals surface area (Å²) in [4.78, 5) is 14.5. The molecule has 17 heavy (non-hydrogen) atoms. The molecule has 0 spiro atoms. The van der Waals surface area contributed by atoms with Crippen LogP contribution in [-0.4, -0.2) is 28.9 Å². The quantitative estimate of drug-likeness (QED) is 0.821. The van der Waals surface area contributed by atoms with Crippen LogP contribution in [-0.2, 0) is 4.79 Å². The SMILES string of the molecule is CCC1CCCCCN1C(=O)CC1(N)CCC1. The molecule has 2 aliphatic rings. The fraction of sp³-hybridized carbons (Fsp3) is 0.929. The average Bonchev–Trinajstić information content (AvgIpc) is 2.51. The fourth-order valence-corrected chi connectivity index (χ4v) is 3.14. The van der Waals surface area contributed by atoms with E-state index in [4.69, 9.17) is 5.73 Å². The van der Waals surface area contributed by atoms with Gasteiger partial charge in [-0.2, -0.15) is 0 Å². The summed E-state index contributed by atoms with van der Waals surface area (Å²) < 4.78 is 0. The number of nitrogens with zero attached hydrogens (tertiary/aromatic N) is 1. The molecule has 2 N–H and O–H groups in total. The monoisotopic (exact) mass is 238 g/mol. The van der Waals surface area contributed by atoms with Crippen molar-refractivity contribution in [3.8, 4) is 0 Å². The summed E-state index contributed by atoms with van der Waals surface area (Å²) in [6, 6.07) is 0.466. The number of nitrogens with two attached hydrogens (primary N) is 1. The first kappa shape index (κ1) is 12.9. The van der Waals surface area contributed by atoms with Crippen molar-refractivity contribution in [2.75, 3.05) is 6.54 Å². The molecule has 0 bridgehead atoms. The van der Waals surface area contributed by atoms with Crippen molar-refractivity contribution in [1.82, 2.24) is 4.90 Å². The topological polar surface area (TPSA) is 46.3 Å². The lowest BCUT2D eigenvalue weighted by atomic mass is 9.75. The van der Waals surface area contributed by atoms with E-state index < -0.39 is 0 Å². The predicted molar refractivity (Wildman–Crippen MR) is 69.6 cm³/mol. The van der Waals surface area contributed by atoms with Gasteiger partial charge in [-0.1, -0.05) is 19.8 Å². The second-order valence-corrected chi connectivity index (χ2v) is 5.89. The van der Waals surface area contributed by atoms with Gasteiger partial charge in [0.25, 0.3) is 0 Å². The molecule has 1 aliphatic carbocycles. The Kier molecular flexibility index (Phi) is 4.08. The zero-order valence-electron chi connectivity index (χ0n) is 11.1. The first-order valence-corrected chi connectivity index (χ1v) is 7.23.